The molecule has 0 saturated heterocycles. The van der Waals surface area contributed by atoms with Gasteiger partial charge < -0.3 is 25.8 Å². The van der Waals surface area contributed by atoms with E-state index in [9.17, 15) is 14.4 Å². The van der Waals surface area contributed by atoms with Crippen LogP contribution in [0, 0.1) is 0 Å². The number of hydrogen-bond acceptors (Lipinski definition) is 6. The Kier molecular flexibility index (Phi) is 8.64. The average Bonchev–Trinajstić information content (AvgIpc) is 3.49. The van der Waals surface area contributed by atoms with Crippen molar-refractivity contribution in [3.8, 4) is 0 Å². The standard InChI is InChI=1S/C20H27N3O5/c1-2-10-27-13-17(20(26)28-12-14-6-4-3-5-7-14)23-19(25)16(21)11-18(24)22-15-8-9-15/h2-7,15-17H,1,8-13,21H2,(H,22,24)(H,23,25)/t16-,17-/m0/s1. The summed E-state index contributed by atoms with van der Waals surface area (Å²) in [5, 5.41) is 5.28. The third-order valence-corrected chi connectivity index (χ3v) is 4.03. The molecule has 152 valence electrons. The van der Waals surface area contributed by atoms with Crippen LogP contribution in [0.1, 0.15) is 24.8 Å². The minimum absolute atomic E-state index is 0.0728. The second-order valence-corrected chi connectivity index (χ2v) is 6.63. The maximum atomic E-state index is 12.4. The predicted molar refractivity (Wildman–Crippen MR) is 103 cm³/mol. The predicted octanol–water partition coefficient (Wildman–Crippen LogP) is 0.413. The van der Waals surface area contributed by atoms with E-state index < -0.39 is 24.0 Å². The quantitative estimate of drug-likeness (QED) is 0.271. The lowest BCUT2D eigenvalue weighted by Crippen LogP contribution is -2.52. The van der Waals surface area contributed by atoms with Gasteiger partial charge in [0.25, 0.3) is 0 Å². The van der Waals surface area contributed by atoms with Gasteiger partial charge >= 0.3 is 5.97 Å². The first-order valence-corrected chi connectivity index (χ1v) is 9.24. The highest BCUT2D eigenvalue weighted by atomic mass is 16.5. The molecule has 2 rings (SSSR count). The SMILES string of the molecule is C=CCOC[C@H](NC(=O)[C@@H](N)CC(=O)NC1CC1)C(=O)OCc1ccccc1. The monoisotopic (exact) mass is 389 g/mol. The van der Waals surface area contributed by atoms with E-state index in [4.69, 9.17) is 15.2 Å². The molecule has 2 amide bonds. The van der Waals surface area contributed by atoms with E-state index in [0.717, 1.165) is 18.4 Å². The summed E-state index contributed by atoms with van der Waals surface area (Å²) < 4.78 is 10.6. The minimum Gasteiger partial charge on any atom is -0.459 e. The Morgan fingerprint density at radius 2 is 1.96 bits per heavy atom. The Morgan fingerprint density at radius 3 is 2.61 bits per heavy atom. The lowest BCUT2D eigenvalue weighted by atomic mass is 10.1. The molecule has 1 aromatic carbocycles. The van der Waals surface area contributed by atoms with Gasteiger partial charge in [0, 0.05) is 6.04 Å². The zero-order valence-electron chi connectivity index (χ0n) is 15.8. The summed E-state index contributed by atoms with van der Waals surface area (Å²) >= 11 is 0. The number of hydrogen-bond donors (Lipinski definition) is 3. The van der Waals surface area contributed by atoms with Crippen LogP contribution in [0.15, 0.2) is 43.0 Å². The molecule has 0 heterocycles. The zero-order valence-corrected chi connectivity index (χ0v) is 15.8. The summed E-state index contributed by atoms with van der Waals surface area (Å²) in [7, 11) is 0. The van der Waals surface area contributed by atoms with Gasteiger partial charge in [-0.1, -0.05) is 36.4 Å². The van der Waals surface area contributed by atoms with Crippen LogP contribution in [0.3, 0.4) is 0 Å². The molecule has 2 atom stereocenters. The normalized spacial score (nSPS) is 15.2. The smallest absolute Gasteiger partial charge is 0.331 e. The largest absolute Gasteiger partial charge is 0.459 e. The molecule has 4 N–H and O–H groups in total. The highest BCUT2D eigenvalue weighted by molar-refractivity contribution is 5.91. The summed E-state index contributed by atoms with van der Waals surface area (Å²) in [5.74, 6) is -1.54. The summed E-state index contributed by atoms with van der Waals surface area (Å²) in [4.78, 5) is 36.5. The van der Waals surface area contributed by atoms with E-state index >= 15 is 0 Å². The van der Waals surface area contributed by atoms with Gasteiger partial charge in [0.2, 0.25) is 11.8 Å². The van der Waals surface area contributed by atoms with Gasteiger partial charge in [-0.25, -0.2) is 4.79 Å². The molecule has 0 aliphatic heterocycles. The van der Waals surface area contributed by atoms with Crippen molar-refractivity contribution in [1.82, 2.24) is 10.6 Å². The average molecular weight is 389 g/mol. The fourth-order valence-electron chi connectivity index (χ4n) is 2.35. The summed E-state index contributed by atoms with van der Waals surface area (Å²) in [5.41, 5.74) is 6.62. The van der Waals surface area contributed by atoms with E-state index in [2.05, 4.69) is 17.2 Å². The molecule has 1 aromatic rings. The minimum atomic E-state index is -1.07. The Hall–Kier alpha value is -2.71. The highest BCUT2D eigenvalue weighted by Crippen LogP contribution is 2.18. The van der Waals surface area contributed by atoms with Gasteiger partial charge in [-0.15, -0.1) is 6.58 Å². The molecule has 8 heteroatoms. The number of amides is 2. The van der Waals surface area contributed by atoms with Crippen molar-refractivity contribution < 1.29 is 23.9 Å². The Bertz CT molecular complexity index is 676. The van der Waals surface area contributed by atoms with E-state index in [1.807, 2.05) is 30.3 Å². The van der Waals surface area contributed by atoms with Crippen LogP contribution < -0.4 is 16.4 Å². The number of benzene rings is 1. The number of carbonyl (C=O) groups excluding carboxylic acids is 3. The van der Waals surface area contributed by atoms with Gasteiger partial charge in [0.15, 0.2) is 6.04 Å². The van der Waals surface area contributed by atoms with Gasteiger partial charge in [0.1, 0.15) is 6.61 Å². The van der Waals surface area contributed by atoms with E-state index in [1.54, 1.807) is 0 Å². The molecular weight excluding hydrogens is 362 g/mol. The number of nitrogens with one attached hydrogen (secondary N) is 2. The van der Waals surface area contributed by atoms with E-state index in [0.29, 0.717) is 0 Å². The molecule has 8 nitrogen and oxygen atoms in total. The third kappa shape index (κ3) is 7.89. The Balaban J connectivity index is 1.86. The van der Waals surface area contributed by atoms with Gasteiger partial charge in [0.05, 0.1) is 25.7 Å². The lowest BCUT2D eigenvalue weighted by molar-refractivity contribution is -0.151. The summed E-state index contributed by atoms with van der Waals surface area (Å²) in [6.45, 7) is 3.73. The molecule has 1 aliphatic rings. The van der Waals surface area contributed by atoms with Crippen LogP contribution in [0.2, 0.25) is 0 Å². The molecule has 0 bridgehead atoms. The van der Waals surface area contributed by atoms with Gasteiger partial charge in [-0.2, -0.15) is 0 Å². The van der Waals surface area contributed by atoms with Gasteiger partial charge in [-0.05, 0) is 18.4 Å². The van der Waals surface area contributed by atoms with Crippen molar-refractivity contribution in [3.63, 3.8) is 0 Å². The topological polar surface area (TPSA) is 120 Å². The molecule has 1 saturated carbocycles. The first-order valence-electron chi connectivity index (χ1n) is 9.24. The molecule has 0 radical (unpaired) electrons. The number of carbonyl (C=O) groups is 3. The Labute approximate surface area is 164 Å². The second-order valence-electron chi connectivity index (χ2n) is 6.63. The van der Waals surface area contributed by atoms with Crippen molar-refractivity contribution in [2.75, 3.05) is 13.2 Å². The van der Waals surface area contributed by atoms with Gasteiger partial charge in [-0.3, -0.25) is 9.59 Å². The molecule has 0 aromatic heterocycles. The van der Waals surface area contributed by atoms with Crippen LogP contribution in [0.25, 0.3) is 0 Å². The lowest BCUT2D eigenvalue weighted by Gasteiger charge is -2.20. The summed E-state index contributed by atoms with van der Waals surface area (Å²) in [6, 6.07) is 7.26. The Morgan fingerprint density at radius 1 is 1.25 bits per heavy atom. The van der Waals surface area contributed by atoms with Crippen LogP contribution in [-0.4, -0.2) is 49.1 Å². The zero-order chi connectivity index (χ0) is 20.4. The van der Waals surface area contributed by atoms with Crippen molar-refractivity contribution in [2.45, 2.75) is 44.0 Å². The van der Waals surface area contributed by atoms with Crippen LogP contribution >= 0.6 is 0 Å². The fraction of sp³-hybridized carbons (Fsp3) is 0.450. The van der Waals surface area contributed by atoms with Crippen molar-refractivity contribution in [2.24, 2.45) is 5.73 Å². The van der Waals surface area contributed by atoms with E-state index in [1.165, 1.54) is 6.08 Å². The molecular formula is C20H27N3O5. The number of rotatable bonds is 12. The third-order valence-electron chi connectivity index (χ3n) is 4.03. The summed E-state index contributed by atoms with van der Waals surface area (Å²) in [6.07, 6.45) is 3.27. The first kappa shape index (κ1) is 21.6. The molecule has 1 fully saturated rings. The molecule has 1 aliphatic carbocycles. The van der Waals surface area contributed by atoms with E-state index in [-0.39, 0.29) is 38.2 Å². The number of nitrogens with two attached hydrogens (primary N) is 1. The number of esters is 1. The maximum absolute atomic E-state index is 12.4. The molecule has 0 spiro atoms. The van der Waals surface area contributed by atoms with Crippen molar-refractivity contribution >= 4 is 17.8 Å². The van der Waals surface area contributed by atoms with Crippen LogP contribution in [0.4, 0.5) is 0 Å². The second kappa shape index (κ2) is 11.2. The number of ether oxygens (including phenoxy) is 2. The molecule has 0 unspecified atom stereocenters. The van der Waals surface area contributed by atoms with Crippen molar-refractivity contribution in [3.05, 3.63) is 48.6 Å². The highest BCUT2D eigenvalue weighted by Gasteiger charge is 2.28. The molecule has 28 heavy (non-hydrogen) atoms. The maximum Gasteiger partial charge on any atom is 0.331 e. The van der Waals surface area contributed by atoms with Crippen molar-refractivity contribution in [1.29, 1.82) is 0 Å². The first-order chi connectivity index (χ1) is 13.5. The van der Waals surface area contributed by atoms with Crippen LogP contribution in [0.5, 0.6) is 0 Å². The van der Waals surface area contributed by atoms with Crippen LogP contribution in [-0.2, 0) is 30.5 Å². The fourth-order valence-corrected chi connectivity index (χ4v) is 2.35.